The van der Waals surface area contributed by atoms with Crippen LogP contribution in [0.2, 0.25) is 0 Å². The maximum absolute atomic E-state index is 13.1. The molecule has 1 aromatic heterocycles. The van der Waals surface area contributed by atoms with Gasteiger partial charge in [-0.1, -0.05) is 24.6 Å². The highest BCUT2D eigenvalue weighted by Gasteiger charge is 2.40. The van der Waals surface area contributed by atoms with E-state index in [0.717, 1.165) is 23.1 Å². The van der Waals surface area contributed by atoms with Crippen LogP contribution in [0.4, 0.5) is 5.88 Å². The molecule has 0 amide bonds. The van der Waals surface area contributed by atoms with Crippen molar-refractivity contribution in [2.24, 2.45) is 0 Å². The number of ether oxygens (including phenoxy) is 2. The van der Waals surface area contributed by atoms with Gasteiger partial charge in [0, 0.05) is 12.0 Å². The highest BCUT2D eigenvalue weighted by Crippen LogP contribution is 2.37. The van der Waals surface area contributed by atoms with Gasteiger partial charge in [0.25, 0.3) is 0 Å². The minimum Gasteiger partial charge on any atom is -0.454 e. The van der Waals surface area contributed by atoms with Crippen LogP contribution in [-0.2, 0) is 27.7 Å². The number of aryl methyl sites for hydroxylation is 2. The molecular formula is C21H24N2O6S2. The summed E-state index contributed by atoms with van der Waals surface area (Å²) in [6.07, 6.45) is 3.13. The Kier molecular flexibility index (Phi) is 6.02. The molecule has 2 aliphatic rings. The van der Waals surface area contributed by atoms with E-state index in [1.807, 2.05) is 19.9 Å². The zero-order valence-electron chi connectivity index (χ0n) is 17.5. The fourth-order valence-electron chi connectivity index (χ4n) is 3.69. The van der Waals surface area contributed by atoms with E-state index in [9.17, 15) is 13.2 Å². The van der Waals surface area contributed by atoms with Gasteiger partial charge in [0.1, 0.15) is 5.25 Å². The molecular weight excluding hydrogens is 440 g/mol. The molecule has 0 spiro atoms. The standard InChI is InChI=1S/C21H24N2O6S2/c1-4-5-15-13(3)22-29-21(15)23-31(25,26)19-6-7-30-20(19)16(24)9-14-10-18-17(8-12(14)2)27-11-28-18/h6-8,10,19-20,23H,4-5,9,11H2,1-3H3. The van der Waals surface area contributed by atoms with E-state index >= 15 is 0 Å². The van der Waals surface area contributed by atoms with Crippen LogP contribution in [0.1, 0.15) is 35.7 Å². The largest absolute Gasteiger partial charge is 0.454 e. The third kappa shape index (κ3) is 4.31. The monoisotopic (exact) mass is 464 g/mol. The summed E-state index contributed by atoms with van der Waals surface area (Å²) in [5, 5.41) is 3.79. The minimum absolute atomic E-state index is 0.107. The van der Waals surface area contributed by atoms with Gasteiger partial charge in [0.15, 0.2) is 17.3 Å². The number of ketones is 1. The topological polar surface area (TPSA) is 108 Å². The van der Waals surface area contributed by atoms with Gasteiger partial charge in [-0.3, -0.25) is 9.52 Å². The minimum atomic E-state index is -3.90. The van der Waals surface area contributed by atoms with Gasteiger partial charge in [-0.15, -0.1) is 11.8 Å². The Balaban J connectivity index is 1.52. The lowest BCUT2D eigenvalue weighted by molar-refractivity contribution is -0.117. The summed E-state index contributed by atoms with van der Waals surface area (Å²) >= 11 is 1.21. The summed E-state index contributed by atoms with van der Waals surface area (Å²) in [5.41, 5.74) is 3.08. The average Bonchev–Trinajstić information content (AvgIpc) is 3.45. The number of Topliss-reactive ketones (excluding diaryl/α,β-unsaturated/α-hetero) is 1. The second-order valence-electron chi connectivity index (χ2n) is 7.60. The first-order valence-electron chi connectivity index (χ1n) is 10.0. The van der Waals surface area contributed by atoms with Crippen molar-refractivity contribution in [3.63, 3.8) is 0 Å². The number of benzene rings is 1. The van der Waals surface area contributed by atoms with Crippen molar-refractivity contribution in [3.8, 4) is 11.5 Å². The number of nitrogens with one attached hydrogen (secondary N) is 1. The van der Waals surface area contributed by atoms with Crippen molar-refractivity contribution in [1.82, 2.24) is 5.16 Å². The normalized spacial score (nSPS) is 19.7. The SMILES string of the molecule is CCCc1c(C)noc1NS(=O)(=O)C1C=CSC1C(=O)Cc1cc2c(cc1C)OCO2. The maximum atomic E-state index is 13.1. The lowest BCUT2D eigenvalue weighted by Gasteiger charge is -2.19. The summed E-state index contributed by atoms with van der Waals surface area (Å²) < 4.78 is 44.7. The lowest BCUT2D eigenvalue weighted by atomic mass is 10.00. The predicted octanol–water partition coefficient (Wildman–Crippen LogP) is 3.52. The third-order valence-corrected chi connectivity index (χ3v) is 8.33. The third-order valence-electron chi connectivity index (χ3n) is 5.38. The van der Waals surface area contributed by atoms with Gasteiger partial charge >= 0.3 is 0 Å². The second-order valence-corrected chi connectivity index (χ2v) is 10.5. The quantitative estimate of drug-likeness (QED) is 0.632. The molecule has 2 aromatic rings. The Labute approximate surface area is 185 Å². The number of carbonyl (C=O) groups excluding carboxylic acids is 1. The van der Waals surface area contributed by atoms with Crippen LogP contribution in [0.5, 0.6) is 11.5 Å². The van der Waals surface area contributed by atoms with Gasteiger partial charge in [-0.25, -0.2) is 8.42 Å². The molecule has 0 saturated heterocycles. The number of hydrogen-bond acceptors (Lipinski definition) is 8. The van der Waals surface area contributed by atoms with Crippen LogP contribution in [-0.4, -0.2) is 36.7 Å². The molecule has 1 aromatic carbocycles. The van der Waals surface area contributed by atoms with Crippen molar-refractivity contribution in [3.05, 3.63) is 46.0 Å². The number of rotatable bonds is 8. The van der Waals surface area contributed by atoms with Crippen LogP contribution >= 0.6 is 11.8 Å². The van der Waals surface area contributed by atoms with Gasteiger partial charge in [-0.2, -0.15) is 0 Å². The molecule has 1 N–H and O–H groups in total. The number of fused-ring (bicyclic) bond motifs is 1. The van der Waals surface area contributed by atoms with Gasteiger partial charge in [0.2, 0.25) is 22.7 Å². The maximum Gasteiger partial charge on any atom is 0.243 e. The van der Waals surface area contributed by atoms with Crippen molar-refractivity contribution >= 4 is 33.5 Å². The average molecular weight is 465 g/mol. The Morgan fingerprint density at radius 3 is 2.74 bits per heavy atom. The molecule has 0 radical (unpaired) electrons. The summed E-state index contributed by atoms with van der Waals surface area (Å²) in [7, 11) is -3.90. The Bertz CT molecular complexity index is 1140. The fraction of sp³-hybridized carbons (Fsp3) is 0.429. The van der Waals surface area contributed by atoms with Crippen molar-refractivity contribution in [1.29, 1.82) is 0 Å². The van der Waals surface area contributed by atoms with Crippen LogP contribution in [0, 0.1) is 13.8 Å². The molecule has 31 heavy (non-hydrogen) atoms. The van der Waals surface area contributed by atoms with E-state index in [1.54, 1.807) is 24.5 Å². The molecule has 3 heterocycles. The van der Waals surface area contributed by atoms with E-state index in [4.69, 9.17) is 14.0 Å². The predicted molar refractivity (Wildman–Crippen MR) is 118 cm³/mol. The van der Waals surface area contributed by atoms with E-state index in [1.165, 1.54) is 11.8 Å². The fourth-order valence-corrected chi connectivity index (χ4v) is 6.64. The molecule has 2 atom stereocenters. The zero-order valence-corrected chi connectivity index (χ0v) is 19.1. The number of hydrogen-bond donors (Lipinski definition) is 1. The summed E-state index contributed by atoms with van der Waals surface area (Å²) in [6.45, 7) is 5.81. The number of sulfonamides is 1. The van der Waals surface area contributed by atoms with Crippen molar-refractivity contribution in [2.45, 2.75) is 50.5 Å². The summed E-state index contributed by atoms with van der Waals surface area (Å²) in [6, 6.07) is 3.63. The Hall–Kier alpha value is -2.46. The van der Waals surface area contributed by atoms with Crippen LogP contribution in [0.25, 0.3) is 0 Å². The number of anilines is 1. The molecule has 166 valence electrons. The number of aromatic nitrogens is 1. The van der Waals surface area contributed by atoms with Gasteiger partial charge in [0.05, 0.1) is 10.9 Å². The molecule has 8 nitrogen and oxygen atoms in total. The first-order chi connectivity index (χ1) is 14.8. The number of thioether (sulfide) groups is 1. The summed E-state index contributed by atoms with van der Waals surface area (Å²) in [4.78, 5) is 13.1. The lowest BCUT2D eigenvalue weighted by Crippen LogP contribution is -2.38. The molecule has 0 fully saturated rings. The van der Waals surface area contributed by atoms with Crippen molar-refractivity contribution in [2.75, 3.05) is 11.5 Å². The highest BCUT2D eigenvalue weighted by molar-refractivity contribution is 8.05. The molecule has 0 saturated carbocycles. The van der Waals surface area contributed by atoms with E-state index in [0.29, 0.717) is 23.6 Å². The van der Waals surface area contributed by atoms with Gasteiger partial charge < -0.3 is 14.0 Å². The zero-order chi connectivity index (χ0) is 22.2. The first kappa shape index (κ1) is 21.8. The highest BCUT2D eigenvalue weighted by atomic mass is 32.2. The molecule has 10 heteroatoms. The van der Waals surface area contributed by atoms with Crippen molar-refractivity contribution < 1.29 is 27.2 Å². The summed E-state index contributed by atoms with van der Waals surface area (Å²) in [5.74, 6) is 1.21. The molecule has 0 bridgehead atoms. The van der Waals surface area contributed by atoms with Gasteiger partial charge in [-0.05, 0) is 48.9 Å². The Morgan fingerprint density at radius 2 is 2.00 bits per heavy atom. The molecule has 4 rings (SSSR count). The number of carbonyl (C=O) groups is 1. The second kappa shape index (κ2) is 8.58. The molecule has 2 aliphatic heterocycles. The van der Waals surface area contributed by atoms with Crippen LogP contribution in [0.15, 0.2) is 28.1 Å². The smallest absolute Gasteiger partial charge is 0.243 e. The van der Waals surface area contributed by atoms with E-state index in [2.05, 4.69) is 9.88 Å². The first-order valence-corrected chi connectivity index (χ1v) is 12.5. The number of nitrogens with zero attached hydrogens (tertiary/aromatic N) is 1. The molecule has 2 unspecified atom stereocenters. The van der Waals surface area contributed by atoms with Crippen LogP contribution in [0.3, 0.4) is 0 Å². The van der Waals surface area contributed by atoms with E-state index in [-0.39, 0.29) is 24.9 Å². The Morgan fingerprint density at radius 1 is 1.26 bits per heavy atom. The van der Waals surface area contributed by atoms with E-state index < -0.39 is 20.5 Å². The molecule has 0 aliphatic carbocycles. The van der Waals surface area contributed by atoms with Crippen LogP contribution < -0.4 is 14.2 Å².